The number of hydrogen-bond acceptors (Lipinski definition) is 12. The minimum absolute atomic E-state index is 0.0326. The Bertz CT molecular complexity index is 1760. The van der Waals surface area contributed by atoms with Gasteiger partial charge in [0.05, 0.1) is 113 Å². The van der Waals surface area contributed by atoms with E-state index in [1.165, 1.54) is 36.4 Å². The summed E-state index contributed by atoms with van der Waals surface area (Å²) in [6.07, 6.45) is -8.99. The van der Waals surface area contributed by atoms with E-state index in [0.29, 0.717) is 64.2 Å². The van der Waals surface area contributed by atoms with Crippen LogP contribution in [0.15, 0.2) is 97.1 Å². The number of para-hydroxylation sites is 2. The molecule has 0 heterocycles. The molecule has 0 aliphatic heterocycles. The van der Waals surface area contributed by atoms with E-state index in [1.54, 1.807) is 36.4 Å². The van der Waals surface area contributed by atoms with E-state index in [4.69, 9.17) is 37.9 Å². The van der Waals surface area contributed by atoms with Crippen molar-refractivity contribution in [3.05, 3.63) is 119 Å². The van der Waals surface area contributed by atoms with Crippen molar-refractivity contribution >= 4 is 34.7 Å². The Morgan fingerprint density at radius 1 is 0.400 bits per heavy atom. The van der Waals surface area contributed by atoms with Crippen molar-refractivity contribution in [3.8, 4) is 0 Å². The van der Waals surface area contributed by atoms with Gasteiger partial charge >= 0.3 is 24.3 Å². The molecule has 18 heteroatoms. The lowest BCUT2D eigenvalue weighted by Gasteiger charge is -2.13. The number of esters is 2. The number of carbonyl (C=O) groups is 2. The van der Waals surface area contributed by atoms with E-state index in [-0.39, 0.29) is 62.1 Å². The Hall–Kier alpha value is -5.24. The fraction of sp³-hybridized carbons (Fsp3) is 0.381. The van der Waals surface area contributed by atoms with Gasteiger partial charge in [-0.1, -0.05) is 36.4 Å². The zero-order valence-corrected chi connectivity index (χ0v) is 32.5. The molecule has 2 N–H and O–H groups in total. The van der Waals surface area contributed by atoms with Gasteiger partial charge in [-0.15, -0.1) is 0 Å². The van der Waals surface area contributed by atoms with E-state index in [0.717, 1.165) is 24.3 Å². The molecule has 0 bridgehead atoms. The predicted octanol–water partition coefficient (Wildman–Crippen LogP) is 8.32. The molecule has 0 saturated carbocycles. The maximum atomic E-state index is 13.1. The number of carbonyl (C=O) groups excluding carboxylic acids is 2. The van der Waals surface area contributed by atoms with Crippen molar-refractivity contribution in [1.29, 1.82) is 0 Å². The summed E-state index contributed by atoms with van der Waals surface area (Å²) < 4.78 is 122. The van der Waals surface area contributed by atoms with Gasteiger partial charge in [0.15, 0.2) is 0 Å². The fourth-order valence-corrected chi connectivity index (χ4v) is 5.14. The molecular formula is C42H46F6N2O10. The Balaban J connectivity index is 0.918. The van der Waals surface area contributed by atoms with Gasteiger partial charge in [-0.05, 0) is 60.7 Å². The summed E-state index contributed by atoms with van der Waals surface area (Å²) in [5, 5.41) is 5.69. The van der Waals surface area contributed by atoms with Crippen LogP contribution in [0.2, 0.25) is 0 Å². The van der Waals surface area contributed by atoms with Gasteiger partial charge in [-0.25, -0.2) is 9.59 Å². The summed E-state index contributed by atoms with van der Waals surface area (Å²) in [6.45, 7) is 3.38. The van der Waals surface area contributed by atoms with Crippen LogP contribution in [0.5, 0.6) is 0 Å². The number of anilines is 4. The second-order valence-electron chi connectivity index (χ2n) is 12.4. The standard InChI is InChI=1S/C42H46F6N2O10/c43-41(44,45)31-7-5-9-33(29-31)49-37-13-3-1-11-35(37)39(51)59-27-25-57-23-21-55-19-17-53-15-16-54-18-20-56-22-24-58-26-28-60-40(52)36-12-2-4-14-38(36)50-34-10-6-8-32(30-34)42(46,47)48/h1-14,29-30,49-50H,15-28H2. The lowest BCUT2D eigenvalue weighted by Crippen LogP contribution is -2.16. The van der Waals surface area contributed by atoms with Gasteiger partial charge < -0.3 is 48.5 Å². The second-order valence-corrected chi connectivity index (χ2v) is 12.4. The molecule has 4 rings (SSSR count). The molecule has 326 valence electrons. The maximum absolute atomic E-state index is 13.1. The minimum atomic E-state index is -4.50. The van der Waals surface area contributed by atoms with Crippen molar-refractivity contribution in [2.75, 3.05) is 103 Å². The Morgan fingerprint density at radius 3 is 1.02 bits per heavy atom. The van der Waals surface area contributed by atoms with Gasteiger partial charge in [0.1, 0.15) is 13.2 Å². The molecule has 0 aliphatic rings. The number of ether oxygens (including phenoxy) is 8. The molecule has 4 aromatic carbocycles. The highest BCUT2D eigenvalue weighted by Gasteiger charge is 2.31. The number of rotatable bonds is 27. The second kappa shape index (κ2) is 25.4. The molecule has 0 aliphatic carbocycles. The van der Waals surface area contributed by atoms with Crippen LogP contribution in [-0.2, 0) is 50.2 Å². The number of nitrogens with one attached hydrogen (secondary N) is 2. The third kappa shape index (κ3) is 17.5. The van der Waals surface area contributed by atoms with Crippen molar-refractivity contribution in [1.82, 2.24) is 0 Å². The van der Waals surface area contributed by atoms with Crippen molar-refractivity contribution in [2.45, 2.75) is 12.4 Å². The first-order valence-corrected chi connectivity index (χ1v) is 18.8. The van der Waals surface area contributed by atoms with Crippen LogP contribution in [0.25, 0.3) is 0 Å². The first kappa shape index (κ1) is 47.4. The van der Waals surface area contributed by atoms with E-state index in [1.807, 2.05) is 0 Å². The van der Waals surface area contributed by atoms with Gasteiger partial charge in [0, 0.05) is 11.4 Å². The maximum Gasteiger partial charge on any atom is 0.416 e. The molecule has 0 saturated heterocycles. The van der Waals surface area contributed by atoms with E-state index in [2.05, 4.69) is 10.6 Å². The summed E-state index contributed by atoms with van der Waals surface area (Å²) in [6, 6.07) is 22.0. The molecule has 0 unspecified atom stereocenters. The number of halogens is 6. The molecule has 0 spiro atoms. The molecule has 4 aromatic rings. The number of benzene rings is 4. The van der Waals surface area contributed by atoms with E-state index in [9.17, 15) is 35.9 Å². The lowest BCUT2D eigenvalue weighted by molar-refractivity contribution is -0.138. The average Bonchev–Trinajstić information content (AvgIpc) is 3.22. The lowest BCUT2D eigenvalue weighted by atomic mass is 10.1. The number of alkyl halides is 6. The molecular weight excluding hydrogens is 806 g/mol. The van der Waals surface area contributed by atoms with E-state index < -0.39 is 35.4 Å². The van der Waals surface area contributed by atoms with Crippen LogP contribution in [0.4, 0.5) is 49.1 Å². The van der Waals surface area contributed by atoms with Crippen molar-refractivity contribution in [3.63, 3.8) is 0 Å². The summed E-state index contributed by atoms with van der Waals surface area (Å²) in [7, 11) is 0. The highest BCUT2D eigenvalue weighted by molar-refractivity contribution is 5.97. The van der Waals surface area contributed by atoms with Gasteiger partial charge in [0.2, 0.25) is 0 Å². The molecule has 0 radical (unpaired) electrons. The quantitative estimate of drug-likeness (QED) is 0.0340. The Labute approximate surface area is 342 Å². The highest BCUT2D eigenvalue weighted by Crippen LogP contribution is 2.33. The third-order valence-electron chi connectivity index (χ3n) is 8.01. The normalized spacial score (nSPS) is 11.6. The zero-order valence-electron chi connectivity index (χ0n) is 32.5. The first-order chi connectivity index (χ1) is 28.9. The van der Waals surface area contributed by atoms with Crippen LogP contribution in [-0.4, -0.2) is 104 Å². The summed E-state index contributed by atoms with van der Waals surface area (Å²) in [5.74, 6) is -1.31. The molecule has 0 atom stereocenters. The summed E-state index contributed by atoms with van der Waals surface area (Å²) in [4.78, 5) is 25.2. The first-order valence-electron chi connectivity index (χ1n) is 18.8. The predicted molar refractivity (Wildman–Crippen MR) is 208 cm³/mol. The third-order valence-corrected chi connectivity index (χ3v) is 8.01. The van der Waals surface area contributed by atoms with Crippen LogP contribution in [0.3, 0.4) is 0 Å². The average molecular weight is 853 g/mol. The molecule has 0 fully saturated rings. The van der Waals surface area contributed by atoms with Crippen molar-refractivity contribution < 1.29 is 73.8 Å². The molecule has 12 nitrogen and oxygen atoms in total. The fourth-order valence-electron chi connectivity index (χ4n) is 5.14. The number of hydrogen-bond donors (Lipinski definition) is 2. The van der Waals surface area contributed by atoms with Gasteiger partial charge in [-0.2, -0.15) is 26.3 Å². The van der Waals surface area contributed by atoms with E-state index >= 15 is 0 Å². The largest absolute Gasteiger partial charge is 0.460 e. The topological polar surface area (TPSA) is 132 Å². The van der Waals surface area contributed by atoms with Crippen LogP contribution < -0.4 is 10.6 Å². The zero-order chi connectivity index (χ0) is 43.1. The van der Waals surface area contributed by atoms with Gasteiger partial charge in [-0.3, -0.25) is 0 Å². The van der Waals surface area contributed by atoms with Crippen LogP contribution in [0, 0.1) is 0 Å². The molecule has 60 heavy (non-hydrogen) atoms. The summed E-state index contributed by atoms with van der Waals surface area (Å²) >= 11 is 0. The monoisotopic (exact) mass is 852 g/mol. The smallest absolute Gasteiger partial charge is 0.416 e. The summed E-state index contributed by atoms with van der Waals surface area (Å²) in [5.41, 5.74) is -0.346. The molecule has 0 amide bonds. The van der Waals surface area contributed by atoms with Crippen LogP contribution >= 0.6 is 0 Å². The SMILES string of the molecule is O=C(OCCOCCOCCOCCOCCOCCOCCOC(=O)c1ccccc1Nc1cccc(C(F)(F)F)c1)c1ccccc1Nc1cccc(C(F)(F)F)c1. The van der Waals surface area contributed by atoms with Crippen LogP contribution in [0.1, 0.15) is 31.8 Å². The molecule has 0 aromatic heterocycles. The Morgan fingerprint density at radius 2 is 0.700 bits per heavy atom. The van der Waals surface area contributed by atoms with Crippen molar-refractivity contribution in [2.24, 2.45) is 0 Å². The highest BCUT2D eigenvalue weighted by atomic mass is 19.4. The Kier molecular flexibility index (Phi) is 20.1. The minimum Gasteiger partial charge on any atom is -0.460 e. The van der Waals surface area contributed by atoms with Gasteiger partial charge in [0.25, 0.3) is 0 Å².